The van der Waals surface area contributed by atoms with Gasteiger partial charge in [-0.2, -0.15) is 0 Å². The van der Waals surface area contributed by atoms with Crippen LogP contribution in [-0.4, -0.2) is 45.1 Å². The van der Waals surface area contributed by atoms with Crippen LogP contribution in [0.5, 0.6) is 0 Å². The van der Waals surface area contributed by atoms with Crippen molar-refractivity contribution >= 4 is 60.7 Å². The molecular formula is C24H24Cl2N4O5S2. The van der Waals surface area contributed by atoms with E-state index in [9.17, 15) is 21.6 Å². The summed E-state index contributed by atoms with van der Waals surface area (Å²) in [4.78, 5) is 16.9. The van der Waals surface area contributed by atoms with Crippen molar-refractivity contribution in [2.75, 3.05) is 23.1 Å². The van der Waals surface area contributed by atoms with E-state index in [-0.39, 0.29) is 33.9 Å². The van der Waals surface area contributed by atoms with Gasteiger partial charge in [-0.05, 0) is 66.9 Å². The van der Waals surface area contributed by atoms with E-state index in [2.05, 4.69) is 15.0 Å². The van der Waals surface area contributed by atoms with Crippen molar-refractivity contribution in [3.63, 3.8) is 0 Å². The molecule has 0 bridgehead atoms. The lowest BCUT2D eigenvalue weighted by Gasteiger charge is -2.31. The van der Waals surface area contributed by atoms with E-state index in [0.717, 1.165) is 0 Å². The molecule has 1 aliphatic rings. The summed E-state index contributed by atoms with van der Waals surface area (Å²) >= 11 is 11.9. The highest BCUT2D eigenvalue weighted by atomic mass is 35.5. The number of pyridine rings is 1. The number of carbonyl (C=O) groups is 1. The van der Waals surface area contributed by atoms with Gasteiger partial charge in [0.15, 0.2) is 0 Å². The van der Waals surface area contributed by atoms with E-state index < -0.39 is 26.0 Å². The predicted octanol–water partition coefficient (Wildman–Crippen LogP) is 4.37. The number of anilines is 2. The van der Waals surface area contributed by atoms with Gasteiger partial charge in [0.05, 0.1) is 26.6 Å². The highest BCUT2D eigenvalue weighted by Gasteiger charge is 2.32. The maximum Gasteiger partial charge on any atom is 0.263 e. The fourth-order valence-electron chi connectivity index (χ4n) is 3.92. The van der Waals surface area contributed by atoms with Gasteiger partial charge in [0.1, 0.15) is 5.82 Å². The summed E-state index contributed by atoms with van der Waals surface area (Å²) in [5.74, 6) is -0.945. The molecule has 0 spiro atoms. The molecule has 2 heterocycles. The number of aromatic nitrogens is 1. The molecule has 3 aromatic rings. The van der Waals surface area contributed by atoms with E-state index in [1.807, 2.05) is 0 Å². The molecule has 9 nitrogen and oxygen atoms in total. The Bertz CT molecular complexity index is 1490. The molecule has 0 radical (unpaired) electrons. The van der Waals surface area contributed by atoms with Gasteiger partial charge in [-0.25, -0.2) is 26.1 Å². The Morgan fingerprint density at radius 3 is 2.43 bits per heavy atom. The molecule has 1 aromatic heterocycles. The van der Waals surface area contributed by atoms with E-state index in [1.54, 1.807) is 24.3 Å². The third-order valence-electron chi connectivity index (χ3n) is 5.82. The number of nitrogens with zero attached hydrogens (tertiary/aromatic N) is 2. The average Bonchev–Trinajstić information content (AvgIpc) is 2.87. The number of carbonyl (C=O) groups excluding carboxylic acids is 1. The van der Waals surface area contributed by atoms with Gasteiger partial charge in [-0.3, -0.25) is 9.52 Å². The third kappa shape index (κ3) is 6.99. The molecule has 0 unspecified atom stereocenters. The molecule has 1 aliphatic heterocycles. The number of piperidine rings is 1. The molecule has 0 aliphatic carbocycles. The second-order valence-corrected chi connectivity index (χ2v) is 13.0. The van der Waals surface area contributed by atoms with Crippen LogP contribution in [0.3, 0.4) is 0 Å². The van der Waals surface area contributed by atoms with E-state index in [4.69, 9.17) is 23.2 Å². The van der Waals surface area contributed by atoms with E-state index in [0.29, 0.717) is 35.7 Å². The van der Waals surface area contributed by atoms with Crippen molar-refractivity contribution in [3.05, 3.63) is 82.5 Å². The molecular weight excluding hydrogens is 559 g/mol. The molecule has 37 heavy (non-hydrogen) atoms. The highest BCUT2D eigenvalue weighted by Crippen LogP contribution is 2.27. The van der Waals surface area contributed by atoms with Gasteiger partial charge in [0.25, 0.3) is 10.0 Å². The van der Waals surface area contributed by atoms with Crippen LogP contribution in [0, 0.1) is 5.92 Å². The predicted molar refractivity (Wildman–Crippen MR) is 143 cm³/mol. The van der Waals surface area contributed by atoms with Crippen LogP contribution in [-0.2, 0) is 30.6 Å². The number of hydrogen-bond acceptors (Lipinski definition) is 6. The summed E-state index contributed by atoms with van der Waals surface area (Å²) in [6.45, 7) is 0.374. The SMILES string of the molecule is O=C(Nc1ccc(S(=O)(=O)Nc2ccccn2)cc1)[C@H]1CCCN(S(=O)(=O)Cc2ccc(Cl)c(Cl)c2)C1. The Kier molecular flexibility index (Phi) is 8.39. The van der Waals surface area contributed by atoms with Gasteiger partial charge < -0.3 is 5.32 Å². The van der Waals surface area contributed by atoms with Crippen LogP contribution in [0.15, 0.2) is 71.8 Å². The number of rotatable bonds is 8. The molecule has 1 fully saturated rings. The summed E-state index contributed by atoms with van der Waals surface area (Å²) in [5, 5.41) is 3.37. The smallest absolute Gasteiger partial charge is 0.263 e. The van der Waals surface area contributed by atoms with Crippen molar-refractivity contribution in [1.82, 2.24) is 9.29 Å². The van der Waals surface area contributed by atoms with E-state index >= 15 is 0 Å². The lowest BCUT2D eigenvalue weighted by Crippen LogP contribution is -2.44. The normalized spacial score (nSPS) is 16.8. The first-order valence-corrected chi connectivity index (χ1v) is 15.1. The molecule has 4 rings (SSSR count). The Hall–Kier alpha value is -2.70. The van der Waals surface area contributed by atoms with Gasteiger partial charge >= 0.3 is 0 Å². The Morgan fingerprint density at radius 2 is 1.76 bits per heavy atom. The first-order chi connectivity index (χ1) is 17.5. The number of hydrogen-bond donors (Lipinski definition) is 2. The number of sulfonamides is 2. The maximum atomic E-state index is 13.0. The van der Waals surface area contributed by atoms with Crippen molar-refractivity contribution in [2.24, 2.45) is 5.92 Å². The van der Waals surface area contributed by atoms with Crippen LogP contribution in [0.25, 0.3) is 0 Å². The minimum Gasteiger partial charge on any atom is -0.326 e. The van der Waals surface area contributed by atoms with Crippen LogP contribution < -0.4 is 10.0 Å². The molecule has 0 saturated carbocycles. The summed E-state index contributed by atoms with van der Waals surface area (Å²) in [5.41, 5.74) is 0.908. The third-order valence-corrected chi connectivity index (χ3v) is 9.74. The largest absolute Gasteiger partial charge is 0.326 e. The molecule has 2 N–H and O–H groups in total. The van der Waals surface area contributed by atoms with Gasteiger partial charge in [0.2, 0.25) is 15.9 Å². The van der Waals surface area contributed by atoms with Crippen LogP contribution in [0.1, 0.15) is 18.4 Å². The second kappa shape index (κ2) is 11.4. The van der Waals surface area contributed by atoms with Crippen molar-refractivity contribution in [1.29, 1.82) is 0 Å². The number of amides is 1. The van der Waals surface area contributed by atoms with Crippen molar-refractivity contribution < 1.29 is 21.6 Å². The monoisotopic (exact) mass is 582 g/mol. The molecule has 1 amide bonds. The molecule has 13 heteroatoms. The topological polar surface area (TPSA) is 126 Å². The maximum absolute atomic E-state index is 13.0. The van der Waals surface area contributed by atoms with Crippen molar-refractivity contribution in [3.8, 4) is 0 Å². The summed E-state index contributed by atoms with van der Waals surface area (Å²) < 4.78 is 54.8. The zero-order valence-electron chi connectivity index (χ0n) is 19.5. The lowest BCUT2D eigenvalue weighted by atomic mass is 9.99. The molecule has 2 aromatic carbocycles. The molecule has 196 valence electrons. The highest BCUT2D eigenvalue weighted by molar-refractivity contribution is 7.92. The fraction of sp³-hybridized carbons (Fsp3) is 0.250. The zero-order valence-corrected chi connectivity index (χ0v) is 22.6. The number of benzene rings is 2. The van der Waals surface area contributed by atoms with Crippen LogP contribution in [0.4, 0.5) is 11.5 Å². The first-order valence-electron chi connectivity index (χ1n) is 11.3. The first kappa shape index (κ1) is 27.3. The summed E-state index contributed by atoms with van der Waals surface area (Å²) in [6.07, 6.45) is 2.54. The van der Waals surface area contributed by atoms with Crippen molar-refractivity contribution in [2.45, 2.75) is 23.5 Å². The van der Waals surface area contributed by atoms with Gasteiger partial charge in [-0.1, -0.05) is 35.3 Å². The van der Waals surface area contributed by atoms with Gasteiger partial charge in [-0.15, -0.1) is 0 Å². The Balaban J connectivity index is 1.38. The second-order valence-electron chi connectivity index (χ2n) is 8.54. The quantitative estimate of drug-likeness (QED) is 0.406. The van der Waals surface area contributed by atoms with Crippen LogP contribution >= 0.6 is 23.2 Å². The lowest BCUT2D eigenvalue weighted by molar-refractivity contribution is -0.120. The summed E-state index contributed by atoms with van der Waals surface area (Å²) in [6, 6.07) is 15.2. The van der Waals surface area contributed by atoms with Gasteiger partial charge in [0, 0.05) is 25.0 Å². The van der Waals surface area contributed by atoms with Crippen LogP contribution in [0.2, 0.25) is 10.0 Å². The minimum absolute atomic E-state index is 0.00777. The fourth-order valence-corrected chi connectivity index (χ4v) is 6.85. The number of halogens is 2. The Labute approximate surface area is 225 Å². The summed E-state index contributed by atoms with van der Waals surface area (Å²) in [7, 11) is -7.53. The molecule has 1 saturated heterocycles. The average molecular weight is 584 g/mol. The number of nitrogens with one attached hydrogen (secondary N) is 2. The van der Waals surface area contributed by atoms with E-state index in [1.165, 1.54) is 46.9 Å². The molecule has 1 atom stereocenters. The standard InChI is InChI=1S/C24H24Cl2N4O5S2/c25-21-11-6-17(14-22(21)26)16-36(32,33)30-13-3-4-18(15-30)24(31)28-19-7-9-20(10-8-19)37(34,35)29-23-5-1-2-12-27-23/h1-2,5-12,14,18H,3-4,13,15-16H2,(H,27,29)(H,28,31)/t18-/m0/s1. The zero-order chi connectivity index (χ0) is 26.6. The Morgan fingerprint density at radius 1 is 1.00 bits per heavy atom. The minimum atomic E-state index is -3.85.